The highest BCUT2D eigenvalue weighted by Crippen LogP contribution is 2.45. The van der Waals surface area contributed by atoms with Crippen LogP contribution >= 0.6 is 0 Å². The number of nitrogens with zero attached hydrogens (tertiary/aromatic N) is 4. The van der Waals surface area contributed by atoms with E-state index in [-0.39, 0.29) is 60.0 Å². The van der Waals surface area contributed by atoms with Gasteiger partial charge in [0.2, 0.25) is 0 Å². The number of phenols is 1. The lowest BCUT2D eigenvalue weighted by Crippen LogP contribution is -2.28. The molecule has 2 aliphatic heterocycles. The molecule has 200 valence electrons. The molecule has 3 heterocycles. The van der Waals surface area contributed by atoms with Crippen molar-refractivity contribution in [3.05, 3.63) is 94.3 Å². The van der Waals surface area contributed by atoms with Crippen LogP contribution in [0.1, 0.15) is 53.6 Å². The minimum atomic E-state index is -1.33. The fourth-order valence-electron chi connectivity index (χ4n) is 5.46. The lowest BCUT2D eigenvalue weighted by molar-refractivity contribution is 0.0689. The van der Waals surface area contributed by atoms with E-state index in [1.807, 2.05) is 6.92 Å². The highest BCUT2D eigenvalue weighted by atomic mass is 19.1. The third kappa shape index (κ3) is 4.08. The smallest absolute Gasteiger partial charge is 0.254 e. The van der Waals surface area contributed by atoms with Crippen molar-refractivity contribution in [3.63, 3.8) is 0 Å². The first-order chi connectivity index (χ1) is 18.5. The van der Waals surface area contributed by atoms with E-state index in [9.17, 15) is 23.1 Å². The third-order valence-electron chi connectivity index (χ3n) is 7.21. The number of rotatable bonds is 5. The molecule has 3 aromatic carbocycles. The SMILES string of the molecule is CC1CC(C)(Oc2c(F)cc(F)cc2F)c2nnc(-c3cc4c(cc3F)C(=O)N(Cc3ccc(O)cc3)C4)n21. The lowest BCUT2D eigenvalue weighted by atomic mass is 10.0. The number of ether oxygens (including phenoxy) is 1. The number of aromatic nitrogens is 3. The van der Waals surface area contributed by atoms with Crippen molar-refractivity contribution < 1.29 is 32.2 Å². The molecular formula is C28H22F4N4O3. The minimum Gasteiger partial charge on any atom is -0.508 e. The van der Waals surface area contributed by atoms with Gasteiger partial charge >= 0.3 is 0 Å². The number of carbonyl (C=O) groups is 1. The lowest BCUT2D eigenvalue weighted by Gasteiger charge is -2.24. The zero-order chi connectivity index (χ0) is 27.6. The molecule has 2 aliphatic rings. The van der Waals surface area contributed by atoms with Gasteiger partial charge in [-0.1, -0.05) is 12.1 Å². The fourth-order valence-corrected chi connectivity index (χ4v) is 5.46. The molecule has 2 atom stereocenters. The normalized spacial score (nSPS) is 19.9. The number of hydrogen-bond donors (Lipinski definition) is 1. The summed E-state index contributed by atoms with van der Waals surface area (Å²) in [6.07, 6.45) is 0.243. The molecule has 39 heavy (non-hydrogen) atoms. The maximum absolute atomic E-state index is 15.4. The topological polar surface area (TPSA) is 80.5 Å². The van der Waals surface area contributed by atoms with Gasteiger partial charge in [-0.15, -0.1) is 10.2 Å². The van der Waals surface area contributed by atoms with Crippen molar-refractivity contribution in [1.82, 2.24) is 19.7 Å². The van der Waals surface area contributed by atoms with Crippen LogP contribution in [0.15, 0.2) is 48.5 Å². The van der Waals surface area contributed by atoms with Crippen molar-refractivity contribution in [3.8, 4) is 22.9 Å². The average Bonchev–Trinajstić information content (AvgIpc) is 3.51. The molecule has 0 saturated heterocycles. The van der Waals surface area contributed by atoms with E-state index >= 15 is 4.39 Å². The Hall–Kier alpha value is -4.41. The van der Waals surface area contributed by atoms with Gasteiger partial charge in [-0.25, -0.2) is 17.6 Å². The molecule has 7 nitrogen and oxygen atoms in total. The van der Waals surface area contributed by atoms with Gasteiger partial charge in [0.25, 0.3) is 5.91 Å². The van der Waals surface area contributed by atoms with Gasteiger partial charge in [-0.2, -0.15) is 0 Å². The molecule has 1 amide bonds. The number of carbonyl (C=O) groups excluding carboxylic acids is 1. The Balaban J connectivity index is 1.32. The first-order valence-corrected chi connectivity index (χ1v) is 12.2. The summed E-state index contributed by atoms with van der Waals surface area (Å²) < 4.78 is 64.8. The summed E-state index contributed by atoms with van der Waals surface area (Å²) in [5.41, 5.74) is 0.482. The Bertz CT molecular complexity index is 1620. The van der Waals surface area contributed by atoms with E-state index in [1.165, 1.54) is 18.2 Å². The molecule has 0 aliphatic carbocycles. The number of halogens is 4. The molecule has 0 fully saturated rings. The monoisotopic (exact) mass is 538 g/mol. The van der Waals surface area contributed by atoms with Crippen LogP contribution in [-0.2, 0) is 18.7 Å². The number of benzene rings is 3. The van der Waals surface area contributed by atoms with Gasteiger partial charge < -0.3 is 19.3 Å². The van der Waals surface area contributed by atoms with E-state index in [4.69, 9.17) is 4.74 Å². The predicted molar refractivity (Wildman–Crippen MR) is 131 cm³/mol. The predicted octanol–water partition coefficient (Wildman–Crippen LogP) is 5.62. The van der Waals surface area contributed by atoms with Crippen molar-refractivity contribution in [2.24, 2.45) is 0 Å². The molecule has 6 rings (SSSR count). The van der Waals surface area contributed by atoms with E-state index < -0.39 is 34.6 Å². The van der Waals surface area contributed by atoms with Crippen molar-refractivity contribution in [1.29, 1.82) is 0 Å². The Labute approximate surface area is 220 Å². The molecule has 1 aromatic heterocycles. The molecular weight excluding hydrogens is 516 g/mol. The standard InChI is InChI=1S/C28H22F4N4O3/c1-14-11-28(2,39-24-22(31)8-17(29)9-23(24)32)27-34-33-25(36(14)27)20-7-16-13-35(26(38)19(16)10-21(20)30)12-15-3-5-18(37)6-4-15/h3-10,14,37H,11-13H2,1-2H3. The van der Waals surface area contributed by atoms with E-state index in [0.29, 0.717) is 17.7 Å². The van der Waals surface area contributed by atoms with Crippen molar-refractivity contribution in [2.45, 2.75) is 45.0 Å². The molecule has 0 spiro atoms. The van der Waals surface area contributed by atoms with E-state index in [1.54, 1.807) is 34.6 Å². The molecule has 0 radical (unpaired) electrons. The molecule has 4 aromatic rings. The number of amides is 1. The van der Waals surface area contributed by atoms with Gasteiger partial charge in [0, 0.05) is 43.2 Å². The van der Waals surface area contributed by atoms with Crippen molar-refractivity contribution in [2.75, 3.05) is 0 Å². The van der Waals surface area contributed by atoms with Crippen LogP contribution in [0.2, 0.25) is 0 Å². The number of fused-ring (bicyclic) bond motifs is 2. The molecule has 0 saturated carbocycles. The zero-order valence-corrected chi connectivity index (χ0v) is 20.9. The molecule has 11 heteroatoms. The van der Waals surface area contributed by atoms with Crippen LogP contribution in [0.25, 0.3) is 11.4 Å². The Morgan fingerprint density at radius 2 is 1.69 bits per heavy atom. The Morgan fingerprint density at radius 1 is 1.00 bits per heavy atom. The Kier molecular flexibility index (Phi) is 5.63. The first kappa shape index (κ1) is 24.9. The van der Waals surface area contributed by atoms with Crippen LogP contribution in [0, 0.1) is 23.3 Å². The summed E-state index contributed by atoms with van der Waals surface area (Å²) in [6, 6.07) is 9.97. The largest absolute Gasteiger partial charge is 0.508 e. The number of phenolic OH excluding ortho intramolecular Hbond substituents is 1. The summed E-state index contributed by atoms with van der Waals surface area (Å²) in [6.45, 7) is 3.94. The van der Waals surface area contributed by atoms with E-state index in [2.05, 4.69) is 10.2 Å². The van der Waals surface area contributed by atoms with E-state index in [0.717, 1.165) is 5.56 Å². The van der Waals surface area contributed by atoms with Crippen LogP contribution < -0.4 is 4.74 Å². The maximum atomic E-state index is 15.4. The van der Waals surface area contributed by atoms with Crippen LogP contribution in [-0.4, -0.2) is 30.7 Å². The zero-order valence-electron chi connectivity index (χ0n) is 20.9. The third-order valence-corrected chi connectivity index (χ3v) is 7.21. The average molecular weight is 539 g/mol. The van der Waals surface area contributed by atoms with Gasteiger partial charge in [0.15, 0.2) is 34.6 Å². The molecule has 2 unspecified atom stereocenters. The summed E-state index contributed by atoms with van der Waals surface area (Å²) in [5, 5.41) is 17.9. The summed E-state index contributed by atoms with van der Waals surface area (Å²) in [4.78, 5) is 14.5. The van der Waals surface area contributed by atoms with Crippen molar-refractivity contribution >= 4 is 5.91 Å². The van der Waals surface area contributed by atoms with Crippen LogP contribution in [0.4, 0.5) is 17.6 Å². The summed E-state index contributed by atoms with van der Waals surface area (Å²) >= 11 is 0. The Morgan fingerprint density at radius 3 is 2.38 bits per heavy atom. The van der Waals surface area contributed by atoms with Gasteiger partial charge in [0.1, 0.15) is 17.4 Å². The van der Waals surface area contributed by atoms with Gasteiger partial charge in [0.05, 0.1) is 5.56 Å². The summed E-state index contributed by atoms with van der Waals surface area (Å²) in [7, 11) is 0. The van der Waals surface area contributed by atoms with Gasteiger partial charge in [-0.05, 0) is 49.2 Å². The maximum Gasteiger partial charge on any atom is 0.254 e. The minimum absolute atomic E-state index is 0.117. The second kappa shape index (κ2) is 8.82. The van der Waals surface area contributed by atoms with Crippen LogP contribution in [0.5, 0.6) is 11.5 Å². The number of hydrogen-bond acceptors (Lipinski definition) is 5. The van der Waals surface area contributed by atoms with Gasteiger partial charge in [-0.3, -0.25) is 4.79 Å². The fraction of sp³-hybridized carbons (Fsp3) is 0.250. The quantitative estimate of drug-likeness (QED) is 0.334. The molecule has 1 N–H and O–H groups in total. The summed E-state index contributed by atoms with van der Waals surface area (Å²) in [5.74, 6) is -4.62. The molecule has 0 bridgehead atoms. The van der Waals surface area contributed by atoms with Crippen LogP contribution in [0.3, 0.4) is 0 Å². The highest BCUT2D eigenvalue weighted by molar-refractivity contribution is 5.99. The highest BCUT2D eigenvalue weighted by Gasteiger charge is 2.46. The second-order valence-corrected chi connectivity index (χ2v) is 10.1. The second-order valence-electron chi connectivity index (χ2n) is 10.1. The number of aromatic hydroxyl groups is 1. The first-order valence-electron chi connectivity index (χ1n) is 12.2.